The van der Waals surface area contributed by atoms with Crippen LogP contribution in [0.5, 0.6) is 0 Å². The number of carbonyl (C=O) groups excluding carboxylic acids is 1. The average molecular weight is 361 g/mol. The number of aliphatic imine (C=N–C) groups is 1. The average Bonchev–Trinajstić information content (AvgIpc) is 3.36. The molecular formula is C20H32N4O2. The maximum absolute atomic E-state index is 12.4. The molecule has 3 rings (SSSR count). The van der Waals surface area contributed by atoms with Crippen molar-refractivity contribution in [2.45, 2.75) is 77.9 Å². The second-order valence-corrected chi connectivity index (χ2v) is 7.62. The highest BCUT2D eigenvalue weighted by atomic mass is 16.3. The van der Waals surface area contributed by atoms with Crippen molar-refractivity contribution < 1.29 is 9.21 Å². The molecule has 0 saturated heterocycles. The van der Waals surface area contributed by atoms with E-state index in [0.717, 1.165) is 68.1 Å². The van der Waals surface area contributed by atoms with E-state index >= 15 is 0 Å². The van der Waals surface area contributed by atoms with Crippen molar-refractivity contribution in [1.82, 2.24) is 16.0 Å². The fraction of sp³-hybridized carbons (Fsp3) is 0.700. The van der Waals surface area contributed by atoms with Crippen LogP contribution in [0.15, 0.2) is 15.5 Å². The molecule has 3 N–H and O–H groups in total. The van der Waals surface area contributed by atoms with Gasteiger partial charge in [-0.2, -0.15) is 0 Å². The number of nitrogens with zero attached hydrogens (tertiary/aromatic N) is 1. The first-order chi connectivity index (χ1) is 12.5. The van der Waals surface area contributed by atoms with Crippen LogP contribution in [0.4, 0.5) is 0 Å². The summed E-state index contributed by atoms with van der Waals surface area (Å²) in [4.78, 5) is 17.1. The highest BCUT2D eigenvalue weighted by Gasteiger charge is 2.31. The minimum Gasteiger partial charge on any atom is -0.466 e. The Morgan fingerprint density at radius 3 is 2.65 bits per heavy atom. The normalized spacial score (nSPS) is 23.6. The van der Waals surface area contributed by atoms with E-state index in [1.165, 1.54) is 0 Å². The molecule has 1 amide bonds. The fourth-order valence-electron chi connectivity index (χ4n) is 3.62. The molecule has 0 spiro atoms. The largest absolute Gasteiger partial charge is 0.466 e. The van der Waals surface area contributed by atoms with E-state index in [-0.39, 0.29) is 11.8 Å². The Morgan fingerprint density at radius 2 is 2.00 bits per heavy atom. The molecule has 0 aliphatic heterocycles. The van der Waals surface area contributed by atoms with Gasteiger partial charge in [-0.3, -0.25) is 4.79 Å². The molecule has 6 nitrogen and oxygen atoms in total. The number of carbonyl (C=O) groups is 1. The van der Waals surface area contributed by atoms with Crippen LogP contribution < -0.4 is 16.0 Å². The predicted molar refractivity (Wildman–Crippen MR) is 103 cm³/mol. The zero-order valence-corrected chi connectivity index (χ0v) is 16.2. The Labute approximate surface area is 156 Å². The number of nitrogens with one attached hydrogen (secondary N) is 3. The molecule has 1 aromatic heterocycles. The summed E-state index contributed by atoms with van der Waals surface area (Å²) in [7, 11) is 0. The topological polar surface area (TPSA) is 78.7 Å². The van der Waals surface area contributed by atoms with Crippen LogP contribution in [0.25, 0.3) is 0 Å². The van der Waals surface area contributed by atoms with Gasteiger partial charge in [0.15, 0.2) is 5.96 Å². The van der Waals surface area contributed by atoms with Gasteiger partial charge in [-0.25, -0.2) is 4.99 Å². The number of aryl methyl sites for hydroxylation is 2. The first kappa shape index (κ1) is 18.8. The summed E-state index contributed by atoms with van der Waals surface area (Å²) in [5.74, 6) is 3.03. The van der Waals surface area contributed by atoms with Crippen molar-refractivity contribution in [3.63, 3.8) is 0 Å². The Hall–Kier alpha value is -1.98. The van der Waals surface area contributed by atoms with Crippen molar-refractivity contribution >= 4 is 11.9 Å². The molecule has 1 aromatic rings. The van der Waals surface area contributed by atoms with Crippen molar-refractivity contribution in [3.05, 3.63) is 23.2 Å². The molecule has 2 aliphatic rings. The van der Waals surface area contributed by atoms with Crippen molar-refractivity contribution in [1.29, 1.82) is 0 Å². The maximum Gasteiger partial charge on any atom is 0.223 e. The number of rotatable bonds is 6. The van der Waals surface area contributed by atoms with Crippen molar-refractivity contribution in [2.75, 3.05) is 6.54 Å². The summed E-state index contributed by atoms with van der Waals surface area (Å²) in [6.07, 6.45) is 6.33. The van der Waals surface area contributed by atoms with Gasteiger partial charge < -0.3 is 20.4 Å². The number of furan rings is 1. The second-order valence-electron chi connectivity index (χ2n) is 7.62. The molecule has 2 saturated carbocycles. The first-order valence-electron chi connectivity index (χ1n) is 9.96. The van der Waals surface area contributed by atoms with Crippen molar-refractivity contribution in [2.24, 2.45) is 10.9 Å². The summed E-state index contributed by atoms with van der Waals surface area (Å²) < 4.78 is 5.58. The second kappa shape index (κ2) is 8.60. The van der Waals surface area contributed by atoms with Crippen LogP contribution in [-0.4, -0.2) is 30.5 Å². The lowest BCUT2D eigenvalue weighted by atomic mass is 9.85. The van der Waals surface area contributed by atoms with Crippen molar-refractivity contribution in [3.8, 4) is 0 Å². The van der Waals surface area contributed by atoms with Crippen LogP contribution in [0.2, 0.25) is 0 Å². The zero-order chi connectivity index (χ0) is 18.5. The standard InChI is InChI=1S/C20H32N4O2/c1-4-21-20(22-12-16-10-13(2)26-14(16)3)24-18-7-5-6-15(11-18)19(25)23-17-8-9-17/h10,15,17-18H,4-9,11-12H2,1-3H3,(H,23,25)(H2,21,22,24). The number of guanidine groups is 1. The summed E-state index contributed by atoms with van der Waals surface area (Å²) in [6.45, 7) is 7.41. The van der Waals surface area contributed by atoms with Crippen LogP contribution >= 0.6 is 0 Å². The third kappa shape index (κ3) is 5.26. The lowest BCUT2D eigenvalue weighted by molar-refractivity contribution is -0.126. The quantitative estimate of drug-likeness (QED) is 0.538. The lowest BCUT2D eigenvalue weighted by Crippen LogP contribution is -2.47. The molecule has 144 valence electrons. The van der Waals surface area contributed by atoms with Gasteiger partial charge >= 0.3 is 0 Å². The summed E-state index contributed by atoms with van der Waals surface area (Å²) in [6, 6.07) is 2.78. The molecule has 26 heavy (non-hydrogen) atoms. The smallest absolute Gasteiger partial charge is 0.223 e. The molecule has 6 heteroatoms. The molecule has 2 fully saturated rings. The third-order valence-electron chi connectivity index (χ3n) is 5.21. The van der Waals surface area contributed by atoms with Gasteiger partial charge in [-0.15, -0.1) is 0 Å². The van der Waals surface area contributed by atoms with Crippen LogP contribution in [-0.2, 0) is 11.3 Å². The zero-order valence-electron chi connectivity index (χ0n) is 16.2. The molecular weight excluding hydrogens is 328 g/mol. The van der Waals surface area contributed by atoms with Crippen LogP contribution in [0.3, 0.4) is 0 Å². The highest BCUT2D eigenvalue weighted by molar-refractivity contribution is 5.81. The maximum atomic E-state index is 12.4. The summed E-state index contributed by atoms with van der Waals surface area (Å²) >= 11 is 0. The highest BCUT2D eigenvalue weighted by Crippen LogP contribution is 2.26. The van der Waals surface area contributed by atoms with Gasteiger partial charge in [0.1, 0.15) is 11.5 Å². The Morgan fingerprint density at radius 1 is 1.19 bits per heavy atom. The molecule has 2 atom stereocenters. The molecule has 0 aromatic carbocycles. The van der Waals surface area contributed by atoms with E-state index in [1.54, 1.807) is 0 Å². The van der Waals surface area contributed by atoms with Crippen LogP contribution in [0.1, 0.15) is 62.5 Å². The van der Waals surface area contributed by atoms with Gasteiger partial charge in [0.25, 0.3) is 0 Å². The van der Waals surface area contributed by atoms with Gasteiger partial charge in [-0.1, -0.05) is 6.42 Å². The van der Waals surface area contributed by atoms with E-state index in [9.17, 15) is 4.79 Å². The summed E-state index contributed by atoms with van der Waals surface area (Å²) in [5.41, 5.74) is 1.12. The van der Waals surface area contributed by atoms with Gasteiger partial charge in [0.2, 0.25) is 5.91 Å². The third-order valence-corrected chi connectivity index (χ3v) is 5.21. The van der Waals surface area contributed by atoms with E-state index in [4.69, 9.17) is 9.41 Å². The van der Waals surface area contributed by atoms with Gasteiger partial charge in [-0.05, 0) is 58.9 Å². The van der Waals surface area contributed by atoms with Gasteiger partial charge in [0, 0.05) is 30.1 Å². The fourth-order valence-corrected chi connectivity index (χ4v) is 3.62. The Balaban J connectivity index is 1.56. The van der Waals surface area contributed by atoms with E-state index in [2.05, 4.69) is 22.9 Å². The number of amides is 1. The number of hydrogen-bond acceptors (Lipinski definition) is 3. The lowest BCUT2D eigenvalue weighted by Gasteiger charge is -2.30. The van der Waals surface area contributed by atoms with E-state index in [1.807, 2.05) is 19.9 Å². The van der Waals surface area contributed by atoms with Crippen LogP contribution in [0, 0.1) is 19.8 Å². The number of hydrogen-bond donors (Lipinski definition) is 3. The van der Waals surface area contributed by atoms with E-state index < -0.39 is 0 Å². The first-order valence-corrected chi connectivity index (χ1v) is 9.96. The molecule has 0 radical (unpaired) electrons. The molecule has 2 unspecified atom stereocenters. The monoisotopic (exact) mass is 360 g/mol. The minimum atomic E-state index is 0.128. The Bertz CT molecular complexity index is 648. The Kier molecular flexibility index (Phi) is 6.22. The summed E-state index contributed by atoms with van der Waals surface area (Å²) in [5, 5.41) is 10.0. The predicted octanol–water partition coefficient (Wildman–Crippen LogP) is 2.79. The minimum absolute atomic E-state index is 0.128. The van der Waals surface area contributed by atoms with Gasteiger partial charge in [0.05, 0.1) is 6.54 Å². The molecule has 2 aliphatic carbocycles. The van der Waals surface area contributed by atoms with E-state index in [0.29, 0.717) is 18.6 Å². The SMILES string of the molecule is CCNC(=NCc1cc(C)oc1C)NC1CCCC(C(=O)NC2CC2)C1. The molecule has 1 heterocycles. The molecule has 0 bridgehead atoms.